The van der Waals surface area contributed by atoms with E-state index < -0.39 is 0 Å². The fourth-order valence-electron chi connectivity index (χ4n) is 3.67. The molecule has 1 aromatic carbocycles. The number of carbonyl (C=O) groups excluding carboxylic acids is 1. The summed E-state index contributed by atoms with van der Waals surface area (Å²) in [6, 6.07) is 7.06. The summed E-state index contributed by atoms with van der Waals surface area (Å²) in [6.07, 6.45) is 2.38. The zero-order valence-electron chi connectivity index (χ0n) is 15.6. The zero-order valence-corrected chi connectivity index (χ0v) is 17.1. The molecule has 1 amide bonds. The van der Waals surface area contributed by atoms with Crippen molar-refractivity contribution in [2.45, 2.75) is 25.8 Å². The molecule has 0 saturated heterocycles. The van der Waals surface area contributed by atoms with Gasteiger partial charge in [-0.3, -0.25) is 4.79 Å². The Morgan fingerprint density at radius 3 is 3.03 bits per heavy atom. The highest BCUT2D eigenvalue weighted by Gasteiger charge is 2.33. The number of benzene rings is 1. The molecule has 2 aromatic heterocycles. The van der Waals surface area contributed by atoms with E-state index in [9.17, 15) is 4.79 Å². The number of nitrogens with one attached hydrogen (secondary N) is 1. The molecule has 4 rings (SSSR count). The van der Waals surface area contributed by atoms with Crippen molar-refractivity contribution in [2.24, 2.45) is 0 Å². The van der Waals surface area contributed by atoms with Crippen molar-refractivity contribution in [1.29, 1.82) is 5.26 Å². The Hall–Kier alpha value is -2.82. The summed E-state index contributed by atoms with van der Waals surface area (Å²) in [7, 11) is 0. The first-order valence-electron chi connectivity index (χ1n) is 9.13. The minimum Gasteiger partial charge on any atom is -0.476 e. The first kappa shape index (κ1) is 19.5. The van der Waals surface area contributed by atoms with Gasteiger partial charge in [0.1, 0.15) is 6.61 Å². The van der Waals surface area contributed by atoms with E-state index in [0.717, 1.165) is 22.2 Å². The number of H-pyrrole nitrogens is 1. The molecule has 3 aromatic rings. The smallest absolute Gasteiger partial charge is 0.292 e. The highest BCUT2D eigenvalue weighted by Crippen LogP contribution is 2.40. The lowest BCUT2D eigenvalue weighted by Crippen LogP contribution is -2.39. The Morgan fingerprint density at radius 2 is 2.24 bits per heavy atom. The standard InChI is InChI=1S/C20H17Cl2N5O2/c1-11-16-12-3-4-13(21)17(22)18(12)25-14(16)6-9-27(11)20(28)19-24-8-5-15(26-19)29-10-2-7-23/h3-5,8,11,25H,2,6,9-10H2,1H3. The Balaban J connectivity index is 1.63. The maximum absolute atomic E-state index is 13.1. The predicted molar refractivity (Wildman–Crippen MR) is 109 cm³/mol. The van der Waals surface area contributed by atoms with Crippen LogP contribution in [0.5, 0.6) is 5.88 Å². The molecule has 1 N–H and O–H groups in total. The number of nitrogens with zero attached hydrogens (tertiary/aromatic N) is 4. The van der Waals surface area contributed by atoms with Crippen LogP contribution in [0.2, 0.25) is 10.0 Å². The highest BCUT2D eigenvalue weighted by molar-refractivity contribution is 6.45. The van der Waals surface area contributed by atoms with Crippen LogP contribution in [0.25, 0.3) is 10.9 Å². The topological polar surface area (TPSA) is 94.9 Å². The maximum Gasteiger partial charge on any atom is 0.292 e. The lowest BCUT2D eigenvalue weighted by molar-refractivity contribution is 0.0664. The Morgan fingerprint density at radius 1 is 1.41 bits per heavy atom. The van der Waals surface area contributed by atoms with E-state index in [0.29, 0.717) is 23.0 Å². The molecule has 148 valence electrons. The molecule has 0 bridgehead atoms. The first-order chi connectivity index (χ1) is 14.0. The number of carbonyl (C=O) groups is 1. The largest absolute Gasteiger partial charge is 0.476 e. The number of amides is 1. The molecular weight excluding hydrogens is 413 g/mol. The van der Waals surface area contributed by atoms with Gasteiger partial charge in [-0.25, -0.2) is 4.98 Å². The SMILES string of the molecule is CC1c2c([nH]c3c(Cl)c(Cl)ccc23)CCN1C(=O)c1nccc(OCCC#N)n1. The molecule has 0 spiro atoms. The van der Waals surface area contributed by atoms with E-state index in [1.54, 1.807) is 17.0 Å². The van der Waals surface area contributed by atoms with Crippen LogP contribution in [0.1, 0.15) is 41.3 Å². The summed E-state index contributed by atoms with van der Waals surface area (Å²) in [5.74, 6) is 0.0661. The van der Waals surface area contributed by atoms with Crippen LogP contribution in [-0.4, -0.2) is 38.9 Å². The van der Waals surface area contributed by atoms with Crippen molar-refractivity contribution in [3.63, 3.8) is 0 Å². The van der Waals surface area contributed by atoms with Crippen molar-refractivity contribution in [3.8, 4) is 11.9 Å². The van der Waals surface area contributed by atoms with Crippen LogP contribution in [0, 0.1) is 11.3 Å². The fourth-order valence-corrected chi connectivity index (χ4v) is 4.04. The summed E-state index contributed by atoms with van der Waals surface area (Å²) in [4.78, 5) is 26.5. The number of rotatable bonds is 4. The molecule has 0 radical (unpaired) electrons. The van der Waals surface area contributed by atoms with Gasteiger partial charge < -0.3 is 14.6 Å². The highest BCUT2D eigenvalue weighted by atomic mass is 35.5. The van der Waals surface area contributed by atoms with E-state index in [1.807, 2.05) is 19.1 Å². The number of halogens is 2. The van der Waals surface area contributed by atoms with E-state index in [-0.39, 0.29) is 36.7 Å². The Bertz CT molecular complexity index is 1140. The van der Waals surface area contributed by atoms with Crippen LogP contribution in [0.15, 0.2) is 24.4 Å². The monoisotopic (exact) mass is 429 g/mol. The average molecular weight is 430 g/mol. The second-order valence-corrected chi connectivity index (χ2v) is 7.49. The molecule has 29 heavy (non-hydrogen) atoms. The van der Waals surface area contributed by atoms with Crippen molar-refractivity contribution in [3.05, 3.63) is 51.5 Å². The second-order valence-electron chi connectivity index (χ2n) is 6.70. The third-order valence-corrected chi connectivity index (χ3v) is 5.82. The lowest BCUT2D eigenvalue weighted by Gasteiger charge is -2.33. The average Bonchev–Trinajstić information content (AvgIpc) is 3.11. The van der Waals surface area contributed by atoms with Crippen molar-refractivity contribution >= 4 is 40.0 Å². The molecule has 9 heteroatoms. The summed E-state index contributed by atoms with van der Waals surface area (Å²) in [5.41, 5.74) is 2.87. The number of aromatic nitrogens is 3. The number of aromatic amines is 1. The van der Waals surface area contributed by atoms with Crippen LogP contribution < -0.4 is 4.74 Å². The molecule has 0 aliphatic carbocycles. The van der Waals surface area contributed by atoms with Crippen molar-refractivity contribution in [2.75, 3.05) is 13.2 Å². The minimum absolute atomic E-state index is 0.0654. The number of hydrogen-bond acceptors (Lipinski definition) is 5. The second kappa shape index (κ2) is 7.90. The van der Waals surface area contributed by atoms with Gasteiger partial charge >= 0.3 is 0 Å². The van der Waals surface area contributed by atoms with E-state index in [2.05, 4.69) is 15.0 Å². The summed E-state index contributed by atoms with van der Waals surface area (Å²) in [6.45, 7) is 2.70. The Labute approximate surface area is 177 Å². The van der Waals surface area contributed by atoms with Crippen molar-refractivity contribution < 1.29 is 9.53 Å². The fraction of sp³-hybridized carbons (Fsp3) is 0.300. The zero-order chi connectivity index (χ0) is 20.5. The van der Waals surface area contributed by atoms with E-state index in [1.165, 1.54) is 6.20 Å². The lowest BCUT2D eigenvalue weighted by atomic mass is 9.97. The molecular formula is C20H17Cl2N5O2. The minimum atomic E-state index is -0.275. The normalized spacial score (nSPS) is 15.8. The maximum atomic E-state index is 13.1. The first-order valence-corrected chi connectivity index (χ1v) is 9.89. The van der Waals surface area contributed by atoms with E-state index >= 15 is 0 Å². The number of fused-ring (bicyclic) bond motifs is 3. The van der Waals surface area contributed by atoms with Gasteiger partial charge in [-0.15, -0.1) is 0 Å². The van der Waals surface area contributed by atoms with Crippen LogP contribution in [-0.2, 0) is 6.42 Å². The molecule has 1 aliphatic heterocycles. The summed E-state index contributed by atoms with van der Waals surface area (Å²) < 4.78 is 5.40. The van der Waals surface area contributed by atoms with Gasteiger partial charge in [0.15, 0.2) is 0 Å². The molecule has 1 aliphatic rings. The van der Waals surface area contributed by atoms with Gasteiger partial charge in [-0.2, -0.15) is 10.2 Å². The Kier molecular flexibility index (Phi) is 5.31. The summed E-state index contributed by atoms with van der Waals surface area (Å²) in [5, 5.41) is 10.5. The molecule has 0 saturated carbocycles. The van der Waals surface area contributed by atoms with Crippen LogP contribution in [0.3, 0.4) is 0 Å². The molecule has 0 fully saturated rings. The van der Waals surface area contributed by atoms with Gasteiger partial charge in [0.25, 0.3) is 5.91 Å². The van der Waals surface area contributed by atoms with Crippen molar-refractivity contribution in [1.82, 2.24) is 19.9 Å². The molecule has 1 unspecified atom stereocenters. The quantitative estimate of drug-likeness (QED) is 0.623. The number of ether oxygens (including phenoxy) is 1. The van der Waals surface area contributed by atoms with Gasteiger partial charge in [-0.1, -0.05) is 29.3 Å². The van der Waals surface area contributed by atoms with Gasteiger partial charge in [0.2, 0.25) is 11.7 Å². The molecule has 3 heterocycles. The van der Waals surface area contributed by atoms with E-state index in [4.69, 9.17) is 33.2 Å². The predicted octanol–water partition coefficient (Wildman–Crippen LogP) is 4.32. The molecule has 7 nitrogen and oxygen atoms in total. The third kappa shape index (κ3) is 3.50. The van der Waals surface area contributed by atoms with Gasteiger partial charge in [0.05, 0.1) is 34.1 Å². The summed E-state index contributed by atoms with van der Waals surface area (Å²) >= 11 is 12.5. The van der Waals surface area contributed by atoms with Crippen LogP contribution in [0.4, 0.5) is 0 Å². The van der Waals surface area contributed by atoms with Crippen LogP contribution >= 0.6 is 23.2 Å². The third-order valence-electron chi connectivity index (χ3n) is 5.02. The van der Waals surface area contributed by atoms with Gasteiger partial charge in [-0.05, 0) is 13.0 Å². The van der Waals surface area contributed by atoms with Gasteiger partial charge in [0, 0.05) is 41.9 Å². The number of nitriles is 1. The number of hydrogen-bond donors (Lipinski definition) is 1. The molecule has 1 atom stereocenters.